The van der Waals surface area contributed by atoms with Gasteiger partial charge in [0.15, 0.2) is 0 Å². The summed E-state index contributed by atoms with van der Waals surface area (Å²) in [5.74, 6) is 1.44. The van der Waals surface area contributed by atoms with Crippen LogP contribution in [0.3, 0.4) is 0 Å². The normalized spacial score (nSPS) is 17.0. The molecule has 0 saturated carbocycles. The number of aryl methyl sites for hydroxylation is 3. The maximum atomic E-state index is 12.7. The van der Waals surface area contributed by atoms with Crippen LogP contribution in [-0.2, 0) is 0 Å². The monoisotopic (exact) mass is 353 g/mol. The second-order valence-electron chi connectivity index (χ2n) is 6.46. The quantitative estimate of drug-likeness (QED) is 0.713. The molecule has 0 aliphatic carbocycles. The van der Waals surface area contributed by atoms with Crippen LogP contribution in [0.15, 0.2) is 27.4 Å². The molecule has 0 N–H and O–H groups in total. The summed E-state index contributed by atoms with van der Waals surface area (Å²) < 4.78 is 10.3. The molecule has 1 aliphatic heterocycles. The van der Waals surface area contributed by atoms with Gasteiger partial charge in [-0.1, -0.05) is 10.3 Å². The molecule has 1 aliphatic rings. The van der Waals surface area contributed by atoms with Gasteiger partial charge in [0.05, 0.1) is 34.9 Å². The summed E-state index contributed by atoms with van der Waals surface area (Å²) in [6.07, 6.45) is 3.23. The lowest BCUT2D eigenvalue weighted by molar-refractivity contribution is 0.0690. The van der Waals surface area contributed by atoms with Crippen LogP contribution in [-0.4, -0.2) is 37.6 Å². The van der Waals surface area contributed by atoms with Crippen molar-refractivity contribution in [2.24, 2.45) is 0 Å². The van der Waals surface area contributed by atoms with Crippen molar-refractivity contribution < 1.29 is 13.8 Å². The average Bonchev–Trinajstić information content (AvgIpc) is 3.35. The van der Waals surface area contributed by atoms with Crippen LogP contribution in [0.5, 0.6) is 0 Å². The topological polar surface area (TPSA) is 98.2 Å². The van der Waals surface area contributed by atoms with Crippen molar-refractivity contribution in [3.63, 3.8) is 0 Å². The summed E-state index contributed by atoms with van der Waals surface area (Å²) in [6.45, 7) is 6.26. The molecule has 0 bridgehead atoms. The van der Waals surface area contributed by atoms with Gasteiger partial charge in [-0.05, 0) is 39.7 Å². The molecule has 0 spiro atoms. The zero-order valence-electron chi connectivity index (χ0n) is 14.9. The Morgan fingerprint density at radius 3 is 2.77 bits per heavy atom. The highest BCUT2D eigenvalue weighted by Gasteiger charge is 2.33. The lowest BCUT2D eigenvalue weighted by atomic mass is 10.1. The van der Waals surface area contributed by atoms with E-state index in [1.807, 2.05) is 26.8 Å². The van der Waals surface area contributed by atoms with Crippen molar-refractivity contribution in [2.45, 2.75) is 39.7 Å². The van der Waals surface area contributed by atoms with Crippen molar-refractivity contribution in [3.8, 4) is 11.3 Å². The molecule has 8 heteroatoms. The molecule has 8 nitrogen and oxygen atoms in total. The molecule has 1 saturated heterocycles. The van der Waals surface area contributed by atoms with Gasteiger partial charge in [-0.2, -0.15) is 0 Å². The molecule has 3 aromatic rings. The van der Waals surface area contributed by atoms with Gasteiger partial charge in [0, 0.05) is 12.6 Å². The third-order valence-electron chi connectivity index (χ3n) is 4.65. The minimum Gasteiger partial charge on any atom is -0.361 e. The average molecular weight is 353 g/mol. The Morgan fingerprint density at radius 2 is 2.08 bits per heavy atom. The molecule has 1 amide bonds. The molecule has 0 aromatic carbocycles. The number of rotatable bonds is 3. The maximum Gasteiger partial charge on any atom is 0.293 e. The predicted molar refractivity (Wildman–Crippen MR) is 91.3 cm³/mol. The fraction of sp³-hybridized carbons (Fsp3) is 0.389. The van der Waals surface area contributed by atoms with Crippen LogP contribution in [0.4, 0.5) is 0 Å². The van der Waals surface area contributed by atoms with Crippen molar-refractivity contribution in [2.75, 3.05) is 6.54 Å². The standard InChI is InChI=1S/C18H19N5O3/c1-10-17(11(2)25-22-10)14-9-13(20-12(3)21-14)15-5-4-8-23(15)18(24)16-6-7-19-26-16/h6-7,9,15H,4-5,8H2,1-3H3. The first-order valence-corrected chi connectivity index (χ1v) is 8.55. The molecule has 1 unspecified atom stereocenters. The van der Waals surface area contributed by atoms with Crippen LogP contribution >= 0.6 is 0 Å². The van der Waals surface area contributed by atoms with Crippen LogP contribution in [0.1, 0.15) is 52.4 Å². The van der Waals surface area contributed by atoms with E-state index in [9.17, 15) is 4.79 Å². The predicted octanol–water partition coefficient (Wildman–Crippen LogP) is 3.02. The van der Waals surface area contributed by atoms with E-state index in [1.165, 1.54) is 6.20 Å². The van der Waals surface area contributed by atoms with Crippen molar-refractivity contribution in [1.82, 2.24) is 25.2 Å². The van der Waals surface area contributed by atoms with Crippen LogP contribution < -0.4 is 0 Å². The Balaban J connectivity index is 1.72. The largest absolute Gasteiger partial charge is 0.361 e. The molecule has 134 valence electrons. The Bertz CT molecular complexity index is 928. The fourth-order valence-corrected chi connectivity index (χ4v) is 3.52. The van der Waals surface area contributed by atoms with E-state index in [4.69, 9.17) is 9.05 Å². The first-order valence-electron chi connectivity index (χ1n) is 8.55. The number of carbonyl (C=O) groups is 1. The molecule has 1 fully saturated rings. The van der Waals surface area contributed by atoms with Crippen LogP contribution in [0.25, 0.3) is 11.3 Å². The Kier molecular flexibility index (Phi) is 4.02. The molecule has 26 heavy (non-hydrogen) atoms. The first kappa shape index (κ1) is 16.4. The molecule has 3 aromatic heterocycles. The highest BCUT2D eigenvalue weighted by molar-refractivity contribution is 5.91. The summed E-state index contributed by atoms with van der Waals surface area (Å²) in [7, 11) is 0. The van der Waals surface area contributed by atoms with Gasteiger partial charge >= 0.3 is 0 Å². The van der Waals surface area contributed by atoms with E-state index in [-0.39, 0.29) is 17.7 Å². The van der Waals surface area contributed by atoms with Crippen LogP contribution in [0.2, 0.25) is 0 Å². The van der Waals surface area contributed by atoms with Gasteiger partial charge in [-0.15, -0.1) is 0 Å². The molecule has 4 heterocycles. The second kappa shape index (κ2) is 6.36. The number of aromatic nitrogens is 4. The summed E-state index contributed by atoms with van der Waals surface area (Å²) >= 11 is 0. The van der Waals surface area contributed by atoms with Crippen molar-refractivity contribution in [3.05, 3.63) is 47.1 Å². The summed E-state index contributed by atoms with van der Waals surface area (Å²) in [5, 5.41) is 7.64. The summed E-state index contributed by atoms with van der Waals surface area (Å²) in [4.78, 5) is 23.7. The van der Waals surface area contributed by atoms with Crippen LogP contribution in [0, 0.1) is 20.8 Å². The molecule has 1 atom stereocenters. The van der Waals surface area contributed by atoms with E-state index in [0.29, 0.717) is 18.1 Å². The number of carbonyl (C=O) groups excluding carboxylic acids is 1. The van der Waals surface area contributed by atoms with E-state index in [0.717, 1.165) is 35.5 Å². The first-order chi connectivity index (χ1) is 12.5. The number of hydrogen-bond acceptors (Lipinski definition) is 7. The molecular formula is C18H19N5O3. The minimum absolute atomic E-state index is 0.117. The Labute approximate surface area is 150 Å². The zero-order valence-corrected chi connectivity index (χ0v) is 14.9. The number of nitrogens with zero attached hydrogens (tertiary/aromatic N) is 5. The smallest absolute Gasteiger partial charge is 0.293 e. The Morgan fingerprint density at radius 1 is 1.23 bits per heavy atom. The molecular weight excluding hydrogens is 334 g/mol. The van der Waals surface area contributed by atoms with Gasteiger partial charge in [-0.3, -0.25) is 4.79 Å². The van der Waals surface area contributed by atoms with E-state index in [2.05, 4.69) is 20.3 Å². The lowest BCUT2D eigenvalue weighted by Crippen LogP contribution is -2.31. The van der Waals surface area contributed by atoms with E-state index in [1.54, 1.807) is 11.0 Å². The SMILES string of the molecule is Cc1nc(-c2c(C)noc2C)cc(C2CCCN2C(=O)c2ccno2)n1. The third-order valence-corrected chi connectivity index (χ3v) is 4.65. The zero-order chi connectivity index (χ0) is 18.3. The Hall–Kier alpha value is -3.03. The van der Waals surface area contributed by atoms with Gasteiger partial charge in [0.2, 0.25) is 5.76 Å². The number of amides is 1. The van der Waals surface area contributed by atoms with Gasteiger partial charge in [0.25, 0.3) is 5.91 Å². The number of hydrogen-bond donors (Lipinski definition) is 0. The summed E-state index contributed by atoms with van der Waals surface area (Å²) in [6, 6.07) is 3.39. The number of likely N-dealkylation sites (tertiary alicyclic amines) is 1. The molecule has 4 rings (SSSR count). The lowest BCUT2D eigenvalue weighted by Gasteiger charge is -2.23. The van der Waals surface area contributed by atoms with E-state index >= 15 is 0 Å². The van der Waals surface area contributed by atoms with Gasteiger partial charge < -0.3 is 13.9 Å². The minimum atomic E-state index is -0.167. The van der Waals surface area contributed by atoms with Crippen molar-refractivity contribution in [1.29, 1.82) is 0 Å². The summed E-state index contributed by atoms with van der Waals surface area (Å²) in [5.41, 5.74) is 3.25. The fourth-order valence-electron chi connectivity index (χ4n) is 3.52. The third kappa shape index (κ3) is 2.77. The van der Waals surface area contributed by atoms with Gasteiger partial charge in [0.1, 0.15) is 11.6 Å². The highest BCUT2D eigenvalue weighted by Crippen LogP contribution is 2.34. The maximum absolute atomic E-state index is 12.7. The van der Waals surface area contributed by atoms with Crippen molar-refractivity contribution >= 4 is 5.91 Å². The van der Waals surface area contributed by atoms with E-state index < -0.39 is 0 Å². The second-order valence-corrected chi connectivity index (χ2v) is 6.46. The highest BCUT2D eigenvalue weighted by atomic mass is 16.5. The van der Waals surface area contributed by atoms with Gasteiger partial charge in [-0.25, -0.2) is 9.97 Å². The molecule has 0 radical (unpaired) electrons.